The smallest absolute Gasteiger partial charge is 0.323 e. The van der Waals surface area contributed by atoms with Crippen LogP contribution in [0, 0.1) is 0 Å². The van der Waals surface area contributed by atoms with Crippen molar-refractivity contribution >= 4 is 39.0 Å². The van der Waals surface area contributed by atoms with E-state index in [0.29, 0.717) is 11.0 Å². The van der Waals surface area contributed by atoms with E-state index in [4.69, 9.17) is 0 Å². The van der Waals surface area contributed by atoms with Gasteiger partial charge in [-0.25, -0.2) is 4.79 Å². The molecule has 7 heteroatoms. The average molecular weight is 414 g/mol. The van der Waals surface area contributed by atoms with Crippen molar-refractivity contribution in [1.82, 2.24) is 10.2 Å². The quantitative estimate of drug-likeness (QED) is 0.531. The molecule has 0 radical (unpaired) electrons. The zero-order valence-corrected chi connectivity index (χ0v) is 16.2. The van der Waals surface area contributed by atoms with Crippen LogP contribution in [0.25, 0.3) is 11.3 Å². The summed E-state index contributed by atoms with van der Waals surface area (Å²) in [6.07, 6.45) is 1.79. The summed E-state index contributed by atoms with van der Waals surface area (Å²) in [7, 11) is 3.95. The van der Waals surface area contributed by atoms with Gasteiger partial charge in [0.05, 0.1) is 11.9 Å². The van der Waals surface area contributed by atoms with E-state index in [9.17, 15) is 4.79 Å². The minimum Gasteiger partial charge on any atom is -0.378 e. The van der Waals surface area contributed by atoms with Crippen LogP contribution in [-0.2, 0) is 5.33 Å². The van der Waals surface area contributed by atoms with Crippen LogP contribution >= 0.6 is 15.9 Å². The molecule has 134 valence electrons. The second-order valence-electron chi connectivity index (χ2n) is 6.01. The standard InChI is InChI=1S/C19H20BrN5O/c1-25(2)17-8-6-15(7-9-17)22-19(26)23-16-5-3-4-13(10-16)18-14(11-20)12-21-24-18/h3-10,12H,11H2,1-2H3,(H,21,24)(H2,22,23,26). The molecule has 0 atom stereocenters. The third-order valence-electron chi connectivity index (χ3n) is 3.91. The number of hydrogen-bond donors (Lipinski definition) is 3. The summed E-state index contributed by atoms with van der Waals surface area (Å²) >= 11 is 3.45. The lowest BCUT2D eigenvalue weighted by Crippen LogP contribution is -2.19. The summed E-state index contributed by atoms with van der Waals surface area (Å²) in [4.78, 5) is 14.3. The number of rotatable bonds is 5. The number of nitrogens with zero attached hydrogens (tertiary/aromatic N) is 2. The third kappa shape index (κ3) is 4.23. The Bertz CT molecular complexity index is 889. The largest absolute Gasteiger partial charge is 0.378 e. The van der Waals surface area contributed by atoms with Crippen molar-refractivity contribution in [3.63, 3.8) is 0 Å². The van der Waals surface area contributed by atoms with Gasteiger partial charge in [0.1, 0.15) is 0 Å². The first-order valence-corrected chi connectivity index (χ1v) is 9.23. The van der Waals surface area contributed by atoms with Crippen molar-refractivity contribution < 1.29 is 4.79 Å². The maximum absolute atomic E-state index is 12.3. The van der Waals surface area contributed by atoms with Gasteiger partial charge in [-0.2, -0.15) is 5.10 Å². The van der Waals surface area contributed by atoms with Gasteiger partial charge in [0.25, 0.3) is 0 Å². The molecule has 0 unspecified atom stereocenters. The van der Waals surface area contributed by atoms with E-state index in [1.165, 1.54) is 0 Å². The number of benzene rings is 2. The average Bonchev–Trinajstić information content (AvgIpc) is 3.11. The number of H-pyrrole nitrogens is 1. The lowest BCUT2D eigenvalue weighted by atomic mass is 10.1. The van der Waals surface area contributed by atoms with Gasteiger partial charge in [-0.05, 0) is 36.4 Å². The number of carbonyl (C=O) groups excluding carboxylic acids is 1. The molecule has 0 spiro atoms. The van der Waals surface area contributed by atoms with Gasteiger partial charge in [-0.15, -0.1) is 0 Å². The van der Waals surface area contributed by atoms with E-state index < -0.39 is 0 Å². The summed E-state index contributed by atoms with van der Waals surface area (Å²) in [6, 6.07) is 15.0. The summed E-state index contributed by atoms with van der Waals surface area (Å²) in [6.45, 7) is 0. The van der Waals surface area contributed by atoms with E-state index in [0.717, 1.165) is 28.2 Å². The minimum absolute atomic E-state index is 0.287. The maximum atomic E-state index is 12.3. The Morgan fingerprint density at radius 3 is 2.54 bits per heavy atom. The van der Waals surface area contributed by atoms with Crippen LogP contribution in [0.4, 0.5) is 21.9 Å². The lowest BCUT2D eigenvalue weighted by molar-refractivity contribution is 0.262. The zero-order valence-electron chi connectivity index (χ0n) is 14.6. The van der Waals surface area contributed by atoms with Crippen LogP contribution in [0.15, 0.2) is 54.7 Å². The van der Waals surface area contributed by atoms with Crippen LogP contribution in [0.3, 0.4) is 0 Å². The van der Waals surface area contributed by atoms with Gasteiger partial charge in [-0.1, -0.05) is 28.1 Å². The topological polar surface area (TPSA) is 73.1 Å². The van der Waals surface area contributed by atoms with E-state index in [1.807, 2.05) is 67.5 Å². The molecule has 0 saturated carbocycles. The molecule has 26 heavy (non-hydrogen) atoms. The Morgan fingerprint density at radius 1 is 1.12 bits per heavy atom. The highest BCUT2D eigenvalue weighted by Gasteiger charge is 2.09. The number of anilines is 3. The van der Waals surface area contributed by atoms with Crippen molar-refractivity contribution in [1.29, 1.82) is 0 Å². The number of alkyl halides is 1. The normalized spacial score (nSPS) is 10.4. The van der Waals surface area contributed by atoms with Crippen LogP contribution < -0.4 is 15.5 Å². The van der Waals surface area contributed by atoms with Crippen molar-refractivity contribution in [3.8, 4) is 11.3 Å². The van der Waals surface area contributed by atoms with Crippen molar-refractivity contribution in [2.24, 2.45) is 0 Å². The predicted octanol–water partition coefficient (Wildman–Crippen LogP) is 4.68. The Hall–Kier alpha value is -2.80. The highest BCUT2D eigenvalue weighted by atomic mass is 79.9. The summed E-state index contributed by atoms with van der Waals surface area (Å²) in [5.74, 6) is 0. The van der Waals surface area contributed by atoms with Crippen molar-refractivity contribution in [2.75, 3.05) is 29.6 Å². The minimum atomic E-state index is -0.287. The fraction of sp³-hybridized carbons (Fsp3) is 0.158. The molecular formula is C19H20BrN5O. The first kappa shape index (κ1) is 18.0. The fourth-order valence-corrected chi connectivity index (χ4v) is 2.98. The van der Waals surface area contributed by atoms with Gasteiger partial charge in [0, 0.05) is 47.6 Å². The summed E-state index contributed by atoms with van der Waals surface area (Å²) in [5, 5.41) is 13.5. The van der Waals surface area contributed by atoms with E-state index >= 15 is 0 Å². The number of urea groups is 1. The second-order valence-corrected chi connectivity index (χ2v) is 6.57. The monoisotopic (exact) mass is 413 g/mol. The van der Waals surface area contributed by atoms with Crippen LogP contribution in [0.1, 0.15) is 5.56 Å². The predicted molar refractivity (Wildman–Crippen MR) is 110 cm³/mol. The molecule has 3 rings (SSSR count). The molecular weight excluding hydrogens is 394 g/mol. The van der Waals surface area contributed by atoms with Crippen LogP contribution in [0.2, 0.25) is 0 Å². The van der Waals surface area contributed by atoms with Gasteiger partial charge < -0.3 is 15.5 Å². The van der Waals surface area contributed by atoms with Crippen LogP contribution in [0.5, 0.6) is 0 Å². The zero-order chi connectivity index (χ0) is 18.5. The van der Waals surface area contributed by atoms with E-state index in [1.54, 1.807) is 6.20 Å². The molecule has 6 nitrogen and oxygen atoms in total. The van der Waals surface area contributed by atoms with Crippen molar-refractivity contribution in [3.05, 3.63) is 60.3 Å². The molecule has 1 aromatic heterocycles. The van der Waals surface area contributed by atoms with E-state index in [-0.39, 0.29) is 6.03 Å². The lowest BCUT2D eigenvalue weighted by Gasteiger charge is -2.13. The molecule has 0 aliphatic heterocycles. The molecule has 0 aliphatic rings. The second kappa shape index (κ2) is 8.05. The molecule has 3 aromatic rings. The Balaban J connectivity index is 1.69. The Morgan fingerprint density at radius 2 is 1.85 bits per heavy atom. The van der Waals surface area contributed by atoms with E-state index in [2.05, 4.69) is 36.8 Å². The SMILES string of the molecule is CN(C)c1ccc(NC(=O)Nc2cccc(-c3[nH]ncc3CBr)c2)cc1. The molecule has 0 aliphatic carbocycles. The molecule has 1 heterocycles. The Kier molecular flexibility index (Phi) is 5.58. The first-order valence-electron chi connectivity index (χ1n) is 8.11. The number of aromatic nitrogens is 2. The summed E-state index contributed by atoms with van der Waals surface area (Å²) in [5.41, 5.74) is 5.48. The molecule has 3 N–H and O–H groups in total. The summed E-state index contributed by atoms with van der Waals surface area (Å²) < 4.78 is 0. The first-order chi connectivity index (χ1) is 12.6. The van der Waals surface area contributed by atoms with Gasteiger partial charge in [0.15, 0.2) is 0 Å². The number of aromatic amines is 1. The number of carbonyl (C=O) groups is 1. The number of halogens is 1. The molecule has 2 amide bonds. The Labute approximate surface area is 160 Å². The number of nitrogens with one attached hydrogen (secondary N) is 3. The van der Waals surface area contributed by atoms with Crippen molar-refractivity contribution in [2.45, 2.75) is 5.33 Å². The fourth-order valence-electron chi connectivity index (χ4n) is 2.55. The number of amides is 2. The highest BCUT2D eigenvalue weighted by molar-refractivity contribution is 9.08. The molecule has 0 bridgehead atoms. The molecule has 0 saturated heterocycles. The van der Waals surface area contributed by atoms with Crippen LogP contribution in [-0.4, -0.2) is 30.3 Å². The maximum Gasteiger partial charge on any atom is 0.323 e. The molecule has 2 aromatic carbocycles. The number of hydrogen-bond acceptors (Lipinski definition) is 3. The third-order valence-corrected chi connectivity index (χ3v) is 4.52. The van der Waals surface area contributed by atoms with Gasteiger partial charge >= 0.3 is 6.03 Å². The highest BCUT2D eigenvalue weighted by Crippen LogP contribution is 2.25. The van der Waals surface area contributed by atoms with Gasteiger partial charge in [-0.3, -0.25) is 5.10 Å². The van der Waals surface area contributed by atoms with Gasteiger partial charge in [0.2, 0.25) is 0 Å². The molecule has 0 fully saturated rings.